The maximum Gasteiger partial charge on any atom is 0.337 e. The van der Waals surface area contributed by atoms with Crippen molar-refractivity contribution in [3.63, 3.8) is 0 Å². The Hall–Kier alpha value is -2.74. The molecule has 1 fully saturated rings. The van der Waals surface area contributed by atoms with Gasteiger partial charge in [-0.3, -0.25) is 9.69 Å². The molecule has 3 rings (SSSR count). The molecule has 1 heterocycles. The van der Waals surface area contributed by atoms with Crippen molar-refractivity contribution < 1.29 is 27.1 Å². The van der Waals surface area contributed by atoms with Gasteiger partial charge in [0.1, 0.15) is 11.6 Å². The molecule has 0 bridgehead atoms. The van der Waals surface area contributed by atoms with Crippen molar-refractivity contribution in [3.8, 4) is 0 Å². The van der Waals surface area contributed by atoms with E-state index < -0.39 is 38.7 Å². The van der Waals surface area contributed by atoms with Crippen LogP contribution in [0.3, 0.4) is 0 Å². The van der Waals surface area contributed by atoms with E-state index in [0.717, 1.165) is 11.0 Å². The number of nitrogens with zero attached hydrogens (tertiary/aromatic N) is 1. The number of methoxy groups -OCH3 is 1. The van der Waals surface area contributed by atoms with Gasteiger partial charge in [-0.1, -0.05) is 18.2 Å². The zero-order valence-corrected chi connectivity index (χ0v) is 14.0. The highest BCUT2D eigenvalue weighted by Crippen LogP contribution is 2.38. The number of carbonyl (C=O) groups is 2. The molecule has 0 aromatic heterocycles. The Morgan fingerprint density at radius 2 is 1.80 bits per heavy atom. The topological polar surface area (TPSA) is 80.8 Å². The quantitative estimate of drug-likeness (QED) is 0.780. The first kappa shape index (κ1) is 17.1. The number of sulfone groups is 1. The molecule has 2 aromatic carbocycles. The fraction of sp³-hybridized carbons (Fsp3) is 0.176. The number of anilines is 1. The van der Waals surface area contributed by atoms with Crippen molar-refractivity contribution in [2.24, 2.45) is 0 Å². The van der Waals surface area contributed by atoms with Crippen molar-refractivity contribution in [1.29, 1.82) is 0 Å². The van der Waals surface area contributed by atoms with Gasteiger partial charge in [0.2, 0.25) is 5.91 Å². The Kier molecular flexibility index (Phi) is 4.30. The molecule has 0 saturated carbocycles. The molecule has 0 N–H and O–H groups in total. The van der Waals surface area contributed by atoms with Crippen LogP contribution in [0.15, 0.2) is 48.5 Å². The van der Waals surface area contributed by atoms with Crippen LogP contribution in [0, 0.1) is 5.82 Å². The number of amides is 1. The summed E-state index contributed by atoms with van der Waals surface area (Å²) in [7, 11) is -2.66. The summed E-state index contributed by atoms with van der Waals surface area (Å²) in [5.74, 6) is -2.62. The summed E-state index contributed by atoms with van der Waals surface area (Å²) in [6.45, 7) is 0. The minimum absolute atomic E-state index is 0.0922. The molecule has 1 atom stereocenters. The normalized spacial score (nSPS) is 19.0. The van der Waals surface area contributed by atoms with Crippen LogP contribution >= 0.6 is 0 Å². The first-order valence-electron chi connectivity index (χ1n) is 7.31. The summed E-state index contributed by atoms with van der Waals surface area (Å²) in [6, 6.07) is 11.1. The van der Waals surface area contributed by atoms with Crippen molar-refractivity contribution >= 4 is 27.4 Å². The van der Waals surface area contributed by atoms with Gasteiger partial charge < -0.3 is 4.74 Å². The molecule has 1 aliphatic heterocycles. The van der Waals surface area contributed by atoms with E-state index in [4.69, 9.17) is 0 Å². The number of halogens is 1. The summed E-state index contributed by atoms with van der Waals surface area (Å²) in [6.07, 6.45) is 0. The van der Waals surface area contributed by atoms with Crippen LogP contribution in [0.1, 0.15) is 21.3 Å². The van der Waals surface area contributed by atoms with Gasteiger partial charge in [0.05, 0.1) is 12.7 Å². The highest BCUT2D eigenvalue weighted by Gasteiger charge is 2.46. The molecule has 0 aliphatic carbocycles. The number of ether oxygens (including phenoxy) is 1. The summed E-state index contributed by atoms with van der Waals surface area (Å²) in [4.78, 5) is 24.8. The predicted octanol–water partition coefficient (Wildman–Crippen LogP) is 2.07. The van der Waals surface area contributed by atoms with Gasteiger partial charge in [0.25, 0.3) is 0 Å². The average molecular weight is 363 g/mol. The second-order valence-corrected chi connectivity index (χ2v) is 7.54. The molecule has 1 amide bonds. The summed E-state index contributed by atoms with van der Waals surface area (Å²) >= 11 is 0. The monoisotopic (exact) mass is 363 g/mol. The molecule has 2 aromatic rings. The maximum absolute atomic E-state index is 14.2. The minimum Gasteiger partial charge on any atom is -0.465 e. The van der Waals surface area contributed by atoms with E-state index in [0.29, 0.717) is 0 Å². The van der Waals surface area contributed by atoms with Crippen LogP contribution in [0.2, 0.25) is 0 Å². The van der Waals surface area contributed by atoms with E-state index in [1.165, 1.54) is 49.6 Å². The molecular weight excluding hydrogens is 349 g/mol. The van der Waals surface area contributed by atoms with E-state index in [-0.39, 0.29) is 16.8 Å². The molecule has 0 spiro atoms. The Morgan fingerprint density at radius 1 is 1.16 bits per heavy atom. The molecule has 25 heavy (non-hydrogen) atoms. The lowest BCUT2D eigenvalue weighted by Gasteiger charge is -2.24. The van der Waals surface area contributed by atoms with E-state index in [1.54, 1.807) is 0 Å². The van der Waals surface area contributed by atoms with Gasteiger partial charge in [-0.05, 0) is 30.3 Å². The first-order valence-corrected chi connectivity index (χ1v) is 9.03. The average Bonchev–Trinajstić information content (AvgIpc) is 2.83. The highest BCUT2D eigenvalue weighted by molar-refractivity contribution is 7.93. The van der Waals surface area contributed by atoms with Crippen molar-refractivity contribution in [1.82, 2.24) is 0 Å². The van der Waals surface area contributed by atoms with Gasteiger partial charge in [0.15, 0.2) is 15.2 Å². The van der Waals surface area contributed by atoms with Crippen LogP contribution in [-0.2, 0) is 19.4 Å². The molecule has 6 nitrogen and oxygen atoms in total. The van der Waals surface area contributed by atoms with Gasteiger partial charge >= 0.3 is 5.97 Å². The van der Waals surface area contributed by atoms with Crippen LogP contribution in [-0.4, -0.2) is 33.2 Å². The fourth-order valence-corrected chi connectivity index (χ4v) is 4.55. The molecule has 130 valence electrons. The van der Waals surface area contributed by atoms with Gasteiger partial charge in [-0.15, -0.1) is 0 Å². The zero-order chi connectivity index (χ0) is 18.2. The second kappa shape index (κ2) is 6.29. The first-order chi connectivity index (χ1) is 11.8. The van der Waals surface area contributed by atoms with Crippen molar-refractivity contribution in [2.75, 3.05) is 17.8 Å². The summed E-state index contributed by atoms with van der Waals surface area (Å²) < 4.78 is 43.6. The lowest BCUT2D eigenvalue weighted by molar-refractivity contribution is -0.115. The molecule has 1 unspecified atom stereocenters. The lowest BCUT2D eigenvalue weighted by Crippen LogP contribution is -2.29. The molecule has 0 radical (unpaired) electrons. The highest BCUT2D eigenvalue weighted by atomic mass is 32.2. The van der Waals surface area contributed by atoms with Crippen LogP contribution in [0.4, 0.5) is 10.1 Å². The second-order valence-electron chi connectivity index (χ2n) is 5.48. The van der Waals surface area contributed by atoms with Crippen LogP contribution < -0.4 is 4.90 Å². The molecule has 8 heteroatoms. The third-order valence-electron chi connectivity index (χ3n) is 3.91. The van der Waals surface area contributed by atoms with Gasteiger partial charge in [0, 0.05) is 11.3 Å². The number of benzene rings is 2. The van der Waals surface area contributed by atoms with Crippen LogP contribution in [0.5, 0.6) is 0 Å². The SMILES string of the molecule is COC(=O)c1ccc(N2C(=O)CS(=O)(=O)C2c2ccccc2F)cc1. The Balaban J connectivity index is 2.08. The lowest BCUT2D eigenvalue weighted by atomic mass is 10.1. The minimum atomic E-state index is -3.90. The standard InChI is InChI=1S/C17H14FNO5S/c1-24-17(21)11-6-8-12(9-7-11)19-15(20)10-25(22,23)16(19)13-4-2-3-5-14(13)18/h2-9,16H,10H2,1H3. The molecule has 1 saturated heterocycles. The van der Waals surface area contributed by atoms with Crippen molar-refractivity contribution in [2.45, 2.75) is 5.37 Å². The largest absolute Gasteiger partial charge is 0.465 e. The predicted molar refractivity (Wildman–Crippen MR) is 88.2 cm³/mol. The van der Waals surface area contributed by atoms with Crippen molar-refractivity contribution in [3.05, 3.63) is 65.5 Å². The smallest absolute Gasteiger partial charge is 0.337 e. The fourth-order valence-electron chi connectivity index (χ4n) is 2.78. The van der Waals surface area contributed by atoms with Gasteiger partial charge in [-0.25, -0.2) is 17.6 Å². The zero-order valence-electron chi connectivity index (χ0n) is 13.2. The third kappa shape index (κ3) is 3.00. The van der Waals surface area contributed by atoms with Crippen LogP contribution in [0.25, 0.3) is 0 Å². The Bertz CT molecular complexity index is 940. The molecular formula is C17H14FNO5S. The third-order valence-corrected chi connectivity index (χ3v) is 5.70. The van der Waals surface area contributed by atoms with Gasteiger partial charge in [-0.2, -0.15) is 0 Å². The number of carbonyl (C=O) groups excluding carboxylic acids is 2. The van der Waals surface area contributed by atoms with E-state index in [1.807, 2.05) is 0 Å². The van der Waals surface area contributed by atoms with E-state index in [2.05, 4.69) is 4.74 Å². The van der Waals surface area contributed by atoms with E-state index in [9.17, 15) is 22.4 Å². The Labute approximate surface area is 143 Å². The number of rotatable bonds is 3. The summed E-state index contributed by atoms with van der Waals surface area (Å²) in [5.41, 5.74) is 0.417. The number of hydrogen-bond acceptors (Lipinski definition) is 5. The van der Waals surface area contributed by atoms with E-state index >= 15 is 0 Å². The summed E-state index contributed by atoms with van der Waals surface area (Å²) in [5, 5.41) is -1.44. The number of hydrogen-bond donors (Lipinski definition) is 0. The Morgan fingerprint density at radius 3 is 2.40 bits per heavy atom. The molecule has 1 aliphatic rings. The number of esters is 1. The maximum atomic E-state index is 14.2.